The van der Waals surface area contributed by atoms with Crippen LogP contribution in [0.1, 0.15) is 53.8 Å². The van der Waals surface area contributed by atoms with Crippen LogP contribution in [0, 0.1) is 0 Å². The molecule has 2 heterocycles. The van der Waals surface area contributed by atoms with Gasteiger partial charge in [0, 0.05) is 35.4 Å². The van der Waals surface area contributed by atoms with Crippen LogP contribution in [0.3, 0.4) is 0 Å². The van der Waals surface area contributed by atoms with E-state index in [0.29, 0.717) is 16.8 Å². The van der Waals surface area contributed by atoms with Gasteiger partial charge in [-0.05, 0) is 76.9 Å². The first kappa shape index (κ1) is 19.5. The predicted molar refractivity (Wildman–Crippen MR) is 112 cm³/mol. The van der Waals surface area contributed by atoms with Gasteiger partial charge in [0.1, 0.15) is 0 Å². The number of fused-ring (bicyclic) bond motifs is 1. The van der Waals surface area contributed by atoms with E-state index in [1.165, 1.54) is 12.1 Å². The van der Waals surface area contributed by atoms with Crippen molar-refractivity contribution in [1.29, 1.82) is 0 Å². The Hall–Kier alpha value is -1.85. The zero-order chi connectivity index (χ0) is 19.7. The predicted octanol–water partition coefficient (Wildman–Crippen LogP) is 3.96. The molecule has 1 amide bonds. The number of piperidine rings is 1. The zero-order valence-electron chi connectivity index (χ0n) is 16.8. The normalized spacial score (nSPS) is 20.1. The third-order valence-corrected chi connectivity index (χ3v) is 6.37. The first-order chi connectivity index (χ1) is 13.5. The molecule has 1 saturated heterocycles. The summed E-state index contributed by atoms with van der Waals surface area (Å²) in [7, 11) is 4.19. The number of amides is 1. The van der Waals surface area contributed by atoms with Crippen LogP contribution in [0.2, 0.25) is 5.02 Å². The van der Waals surface area contributed by atoms with Crippen LogP contribution in [0.4, 0.5) is 0 Å². The van der Waals surface area contributed by atoms with Crippen molar-refractivity contribution in [3.05, 3.63) is 46.2 Å². The Morgan fingerprint density at radius 1 is 1.11 bits per heavy atom. The van der Waals surface area contributed by atoms with E-state index >= 15 is 0 Å². The standard InChI is InChI=1S/C22H29ClN4O/c1-25(2)18-7-6-14-26(15-18)22(28)21-19-8-4-3-5-9-20(19)27(24-21)17-12-10-16(23)11-13-17/h10-13,18H,3-9,14-15H2,1-2H3. The second-order valence-electron chi connectivity index (χ2n) is 8.23. The maximum atomic E-state index is 13.5. The van der Waals surface area contributed by atoms with Crippen molar-refractivity contribution in [1.82, 2.24) is 19.6 Å². The molecule has 0 N–H and O–H groups in total. The van der Waals surface area contributed by atoms with Crippen LogP contribution in [0.25, 0.3) is 5.69 Å². The number of nitrogens with zero attached hydrogens (tertiary/aromatic N) is 4. The summed E-state index contributed by atoms with van der Waals surface area (Å²) in [6.45, 7) is 1.61. The van der Waals surface area contributed by atoms with Gasteiger partial charge < -0.3 is 9.80 Å². The Morgan fingerprint density at radius 3 is 2.61 bits per heavy atom. The van der Waals surface area contributed by atoms with Crippen molar-refractivity contribution < 1.29 is 4.79 Å². The average Bonchev–Trinajstić information content (AvgIpc) is 2.89. The number of benzene rings is 1. The van der Waals surface area contributed by atoms with Gasteiger partial charge in [-0.1, -0.05) is 18.0 Å². The molecule has 6 heteroatoms. The Kier molecular flexibility index (Phi) is 5.74. The molecule has 28 heavy (non-hydrogen) atoms. The van der Waals surface area contributed by atoms with Crippen molar-refractivity contribution in [2.75, 3.05) is 27.2 Å². The van der Waals surface area contributed by atoms with Gasteiger partial charge in [0.2, 0.25) is 0 Å². The molecule has 5 nitrogen and oxygen atoms in total. The van der Waals surface area contributed by atoms with Crippen LogP contribution in [-0.2, 0) is 12.8 Å². The summed E-state index contributed by atoms with van der Waals surface area (Å²) in [5.74, 6) is 0.0948. The Labute approximate surface area is 172 Å². The molecule has 2 aromatic rings. The van der Waals surface area contributed by atoms with E-state index in [0.717, 1.165) is 62.9 Å². The maximum absolute atomic E-state index is 13.5. The lowest BCUT2D eigenvalue weighted by atomic mass is 10.0. The fourth-order valence-electron chi connectivity index (χ4n) is 4.45. The molecule has 1 fully saturated rings. The van der Waals surface area contributed by atoms with Gasteiger partial charge in [-0.15, -0.1) is 0 Å². The average molecular weight is 401 g/mol. The van der Waals surface area contributed by atoms with Crippen LogP contribution >= 0.6 is 11.6 Å². The molecule has 0 spiro atoms. The van der Waals surface area contributed by atoms with Crippen LogP contribution in [-0.4, -0.2) is 58.7 Å². The fourth-order valence-corrected chi connectivity index (χ4v) is 4.58. The van der Waals surface area contributed by atoms with Crippen molar-refractivity contribution in [2.45, 2.75) is 51.0 Å². The van der Waals surface area contributed by atoms with Gasteiger partial charge in [-0.25, -0.2) is 4.68 Å². The topological polar surface area (TPSA) is 41.4 Å². The quantitative estimate of drug-likeness (QED) is 0.732. The summed E-state index contributed by atoms with van der Waals surface area (Å²) in [6.07, 6.45) is 7.58. The Morgan fingerprint density at radius 2 is 1.86 bits per heavy atom. The number of likely N-dealkylation sites (N-methyl/N-ethyl adjacent to an activating group) is 1. The van der Waals surface area contributed by atoms with E-state index < -0.39 is 0 Å². The van der Waals surface area contributed by atoms with Crippen LogP contribution in [0.15, 0.2) is 24.3 Å². The SMILES string of the molecule is CN(C)C1CCCN(C(=O)c2nn(-c3ccc(Cl)cc3)c3c2CCCCC3)C1. The number of likely N-dealkylation sites (tertiary alicyclic amines) is 1. The van der Waals surface area contributed by atoms with E-state index in [2.05, 4.69) is 19.0 Å². The lowest BCUT2D eigenvalue weighted by molar-refractivity contribution is 0.0627. The van der Waals surface area contributed by atoms with Gasteiger partial charge in [-0.3, -0.25) is 4.79 Å². The summed E-state index contributed by atoms with van der Waals surface area (Å²) >= 11 is 6.07. The number of aromatic nitrogens is 2. The third-order valence-electron chi connectivity index (χ3n) is 6.12. The van der Waals surface area contributed by atoms with Gasteiger partial charge in [0.15, 0.2) is 5.69 Å². The lowest BCUT2D eigenvalue weighted by Crippen LogP contribution is -2.47. The van der Waals surface area contributed by atoms with E-state index in [9.17, 15) is 4.79 Å². The minimum absolute atomic E-state index is 0.0948. The number of carbonyl (C=O) groups is 1. The molecule has 1 aromatic carbocycles. The molecular formula is C22H29ClN4O. The zero-order valence-corrected chi connectivity index (χ0v) is 17.6. The van der Waals surface area contributed by atoms with Crippen LogP contribution in [0.5, 0.6) is 0 Å². The summed E-state index contributed by atoms with van der Waals surface area (Å²) < 4.78 is 1.98. The number of hydrogen-bond donors (Lipinski definition) is 0. The molecule has 1 unspecified atom stereocenters. The monoisotopic (exact) mass is 400 g/mol. The first-order valence-corrected chi connectivity index (χ1v) is 10.7. The highest BCUT2D eigenvalue weighted by molar-refractivity contribution is 6.30. The number of carbonyl (C=O) groups excluding carboxylic acids is 1. The molecule has 4 rings (SSSR count). The van der Waals surface area contributed by atoms with E-state index in [1.807, 2.05) is 33.8 Å². The fraction of sp³-hybridized carbons (Fsp3) is 0.545. The minimum Gasteiger partial charge on any atom is -0.336 e. The summed E-state index contributed by atoms with van der Waals surface area (Å²) in [4.78, 5) is 17.7. The second-order valence-corrected chi connectivity index (χ2v) is 8.67. The number of halogens is 1. The molecule has 0 radical (unpaired) electrons. The number of rotatable bonds is 3. The van der Waals surface area contributed by atoms with E-state index in [4.69, 9.17) is 16.7 Å². The van der Waals surface area contributed by atoms with Gasteiger partial charge in [0.05, 0.1) is 5.69 Å². The van der Waals surface area contributed by atoms with E-state index in [-0.39, 0.29) is 5.91 Å². The molecule has 150 valence electrons. The highest BCUT2D eigenvalue weighted by atomic mass is 35.5. The minimum atomic E-state index is 0.0948. The molecule has 0 bridgehead atoms. The Bertz CT molecular complexity index is 843. The lowest BCUT2D eigenvalue weighted by Gasteiger charge is -2.35. The van der Waals surface area contributed by atoms with E-state index in [1.54, 1.807) is 0 Å². The highest BCUT2D eigenvalue weighted by Crippen LogP contribution is 2.28. The highest BCUT2D eigenvalue weighted by Gasteiger charge is 2.31. The molecule has 1 atom stereocenters. The molecule has 1 aliphatic heterocycles. The van der Waals surface area contributed by atoms with Crippen molar-refractivity contribution >= 4 is 17.5 Å². The number of hydrogen-bond acceptors (Lipinski definition) is 3. The summed E-state index contributed by atoms with van der Waals surface area (Å²) in [5.41, 5.74) is 3.99. The van der Waals surface area contributed by atoms with Crippen molar-refractivity contribution in [3.63, 3.8) is 0 Å². The Balaban J connectivity index is 1.70. The van der Waals surface area contributed by atoms with Crippen molar-refractivity contribution in [2.24, 2.45) is 0 Å². The summed E-state index contributed by atoms with van der Waals surface area (Å²) in [5, 5.41) is 5.56. The van der Waals surface area contributed by atoms with Gasteiger partial charge in [0.25, 0.3) is 5.91 Å². The smallest absolute Gasteiger partial charge is 0.274 e. The molecule has 0 saturated carbocycles. The second kappa shape index (κ2) is 8.26. The maximum Gasteiger partial charge on any atom is 0.274 e. The van der Waals surface area contributed by atoms with Gasteiger partial charge in [-0.2, -0.15) is 5.10 Å². The van der Waals surface area contributed by atoms with Gasteiger partial charge >= 0.3 is 0 Å². The largest absolute Gasteiger partial charge is 0.336 e. The third kappa shape index (κ3) is 3.83. The molecule has 2 aliphatic rings. The molecule has 1 aliphatic carbocycles. The molecular weight excluding hydrogens is 372 g/mol. The van der Waals surface area contributed by atoms with Crippen LogP contribution < -0.4 is 0 Å². The van der Waals surface area contributed by atoms with Crippen molar-refractivity contribution in [3.8, 4) is 5.69 Å². The first-order valence-electron chi connectivity index (χ1n) is 10.4. The summed E-state index contributed by atoms with van der Waals surface area (Å²) in [6, 6.07) is 8.16. The molecule has 1 aromatic heterocycles.